The molecule has 2 bridgehead atoms. The Labute approximate surface area is 129 Å². The minimum absolute atomic E-state index is 0.00485. The van der Waals surface area contributed by atoms with Crippen LogP contribution in [0.15, 0.2) is 42.7 Å². The number of piperazine rings is 1. The molecule has 0 radical (unpaired) electrons. The minimum Gasteiger partial charge on any atom is -0.319 e. The quantitative estimate of drug-likeness (QED) is 0.902. The zero-order valence-electron chi connectivity index (χ0n) is 12.3. The fourth-order valence-electron chi connectivity index (χ4n) is 3.33. The summed E-state index contributed by atoms with van der Waals surface area (Å²) in [5.41, 5.74) is 1.96. The number of amides is 2. The second-order valence-electron chi connectivity index (χ2n) is 5.98. The van der Waals surface area contributed by atoms with E-state index < -0.39 is 0 Å². The third kappa shape index (κ3) is 2.57. The molecule has 3 heterocycles. The molecule has 2 atom stereocenters. The van der Waals surface area contributed by atoms with Crippen molar-refractivity contribution in [3.05, 3.63) is 48.3 Å². The van der Waals surface area contributed by atoms with E-state index >= 15 is 0 Å². The maximum absolute atomic E-state index is 12.4. The molecule has 2 amide bonds. The minimum atomic E-state index is 0.00485. The number of anilines is 1. The smallest absolute Gasteiger partial charge is 0.319 e. The van der Waals surface area contributed by atoms with Gasteiger partial charge in [-0.3, -0.25) is 4.68 Å². The molecule has 2 aliphatic heterocycles. The largest absolute Gasteiger partial charge is 0.322 e. The predicted octanol–water partition coefficient (Wildman–Crippen LogP) is 1.51. The average Bonchev–Trinajstić information content (AvgIpc) is 3.25. The van der Waals surface area contributed by atoms with Gasteiger partial charge in [0.2, 0.25) is 0 Å². The number of aromatic nitrogens is 2. The number of nitrogens with one attached hydrogen (secondary N) is 2. The molecule has 2 N–H and O–H groups in total. The first-order chi connectivity index (χ1) is 10.8. The highest BCUT2D eigenvalue weighted by atomic mass is 16.2. The Morgan fingerprint density at radius 2 is 2.36 bits per heavy atom. The van der Waals surface area contributed by atoms with E-state index in [0.717, 1.165) is 30.8 Å². The molecule has 1 aromatic heterocycles. The Hall–Kier alpha value is -2.34. The molecule has 2 saturated heterocycles. The van der Waals surface area contributed by atoms with Crippen LogP contribution in [0.3, 0.4) is 0 Å². The number of carbonyl (C=O) groups excluding carboxylic acids is 1. The molecule has 2 aromatic rings. The fourth-order valence-corrected chi connectivity index (χ4v) is 3.33. The Morgan fingerprint density at radius 1 is 1.41 bits per heavy atom. The van der Waals surface area contributed by atoms with E-state index in [4.69, 9.17) is 0 Å². The number of nitrogens with zero attached hydrogens (tertiary/aromatic N) is 3. The van der Waals surface area contributed by atoms with E-state index in [2.05, 4.69) is 15.7 Å². The highest BCUT2D eigenvalue weighted by Crippen LogP contribution is 2.24. The average molecular weight is 297 g/mol. The van der Waals surface area contributed by atoms with Crippen molar-refractivity contribution >= 4 is 11.7 Å². The number of likely N-dealkylation sites (tertiary alicyclic amines) is 1. The topological polar surface area (TPSA) is 62.2 Å². The van der Waals surface area contributed by atoms with E-state index in [1.54, 1.807) is 6.20 Å². The first-order valence-electron chi connectivity index (χ1n) is 7.65. The molecule has 6 heteroatoms. The molecule has 114 valence electrons. The Balaban J connectivity index is 1.43. The number of benzene rings is 1. The second-order valence-corrected chi connectivity index (χ2v) is 5.98. The zero-order valence-corrected chi connectivity index (χ0v) is 12.3. The van der Waals surface area contributed by atoms with Crippen LogP contribution >= 0.6 is 0 Å². The van der Waals surface area contributed by atoms with Crippen molar-refractivity contribution in [2.75, 3.05) is 18.4 Å². The normalized spacial score (nSPS) is 23.0. The molecule has 2 fully saturated rings. The van der Waals surface area contributed by atoms with Gasteiger partial charge < -0.3 is 15.5 Å². The van der Waals surface area contributed by atoms with Gasteiger partial charge in [0.05, 0.1) is 6.54 Å². The Kier molecular flexibility index (Phi) is 3.31. The Bertz CT molecular complexity index is 669. The van der Waals surface area contributed by atoms with Crippen LogP contribution in [0.5, 0.6) is 0 Å². The zero-order chi connectivity index (χ0) is 14.9. The van der Waals surface area contributed by atoms with Crippen LogP contribution in [0.1, 0.15) is 12.0 Å². The van der Waals surface area contributed by atoms with Gasteiger partial charge in [-0.2, -0.15) is 5.10 Å². The van der Waals surface area contributed by atoms with Crippen LogP contribution < -0.4 is 10.6 Å². The highest BCUT2D eigenvalue weighted by molar-refractivity contribution is 5.90. The van der Waals surface area contributed by atoms with Crippen molar-refractivity contribution in [2.24, 2.45) is 0 Å². The number of carbonyl (C=O) groups is 1. The molecular formula is C16H19N5O. The summed E-state index contributed by atoms with van der Waals surface area (Å²) in [5, 5.41) is 10.6. The van der Waals surface area contributed by atoms with Crippen molar-refractivity contribution in [1.82, 2.24) is 20.0 Å². The maximum atomic E-state index is 12.4. The monoisotopic (exact) mass is 297 g/mol. The van der Waals surface area contributed by atoms with Gasteiger partial charge in [0, 0.05) is 43.3 Å². The summed E-state index contributed by atoms with van der Waals surface area (Å²) >= 11 is 0. The number of fused-ring (bicyclic) bond motifs is 2. The van der Waals surface area contributed by atoms with Gasteiger partial charge in [-0.15, -0.1) is 0 Å². The van der Waals surface area contributed by atoms with Gasteiger partial charge in [-0.05, 0) is 30.2 Å². The molecule has 22 heavy (non-hydrogen) atoms. The van der Waals surface area contributed by atoms with Gasteiger partial charge in [-0.1, -0.05) is 12.1 Å². The summed E-state index contributed by atoms with van der Waals surface area (Å²) in [4.78, 5) is 14.3. The van der Waals surface area contributed by atoms with Crippen LogP contribution in [0.2, 0.25) is 0 Å². The van der Waals surface area contributed by atoms with Crippen LogP contribution in [0.4, 0.5) is 10.5 Å². The van der Waals surface area contributed by atoms with Crippen molar-refractivity contribution in [2.45, 2.75) is 25.0 Å². The fraction of sp³-hybridized carbons (Fsp3) is 0.375. The number of rotatable bonds is 3. The van der Waals surface area contributed by atoms with Crippen molar-refractivity contribution in [3.63, 3.8) is 0 Å². The van der Waals surface area contributed by atoms with Crippen molar-refractivity contribution < 1.29 is 4.79 Å². The first kappa shape index (κ1) is 13.3. The Morgan fingerprint density at radius 3 is 3.09 bits per heavy atom. The molecule has 6 nitrogen and oxygen atoms in total. The number of hydrogen-bond acceptors (Lipinski definition) is 3. The summed E-state index contributed by atoms with van der Waals surface area (Å²) in [6, 6.07) is 10.7. The lowest BCUT2D eigenvalue weighted by molar-refractivity contribution is 0.199. The summed E-state index contributed by atoms with van der Waals surface area (Å²) in [5.74, 6) is 0. The third-order valence-electron chi connectivity index (χ3n) is 4.40. The second kappa shape index (κ2) is 5.46. The van der Waals surface area contributed by atoms with E-state index in [9.17, 15) is 4.79 Å². The molecule has 1 aromatic carbocycles. The lowest BCUT2D eigenvalue weighted by Gasteiger charge is -2.27. The molecule has 0 spiro atoms. The lowest BCUT2D eigenvalue weighted by atomic mass is 10.2. The number of hydrogen-bond donors (Lipinski definition) is 2. The van der Waals surface area contributed by atoms with E-state index in [1.807, 2.05) is 46.1 Å². The molecule has 0 unspecified atom stereocenters. The highest BCUT2D eigenvalue weighted by Gasteiger charge is 2.40. The SMILES string of the molecule is O=C(Nc1cccc(Cn2cccn2)c1)N1C[C@@H]2C[C@H]1CN2. The van der Waals surface area contributed by atoms with Crippen LogP contribution in [-0.4, -0.2) is 45.9 Å². The van der Waals surface area contributed by atoms with E-state index in [0.29, 0.717) is 18.6 Å². The predicted molar refractivity (Wildman–Crippen MR) is 83.7 cm³/mol. The van der Waals surface area contributed by atoms with E-state index in [-0.39, 0.29) is 6.03 Å². The van der Waals surface area contributed by atoms with E-state index in [1.165, 1.54) is 0 Å². The van der Waals surface area contributed by atoms with Gasteiger partial charge in [0.25, 0.3) is 0 Å². The molecule has 0 aliphatic carbocycles. The van der Waals surface area contributed by atoms with Gasteiger partial charge >= 0.3 is 6.03 Å². The van der Waals surface area contributed by atoms with Gasteiger partial charge in [0.15, 0.2) is 0 Å². The first-order valence-corrected chi connectivity index (χ1v) is 7.65. The molecule has 4 rings (SSSR count). The number of urea groups is 1. The molecular weight excluding hydrogens is 278 g/mol. The molecule has 0 saturated carbocycles. The van der Waals surface area contributed by atoms with Crippen LogP contribution in [0, 0.1) is 0 Å². The third-order valence-corrected chi connectivity index (χ3v) is 4.40. The summed E-state index contributed by atoms with van der Waals surface area (Å²) in [7, 11) is 0. The van der Waals surface area contributed by atoms with Crippen molar-refractivity contribution in [3.8, 4) is 0 Å². The van der Waals surface area contributed by atoms with Gasteiger partial charge in [-0.25, -0.2) is 4.79 Å². The van der Waals surface area contributed by atoms with Crippen molar-refractivity contribution in [1.29, 1.82) is 0 Å². The summed E-state index contributed by atoms with van der Waals surface area (Å²) in [6.45, 7) is 2.43. The van der Waals surface area contributed by atoms with Crippen LogP contribution in [-0.2, 0) is 6.54 Å². The van der Waals surface area contributed by atoms with Crippen LogP contribution in [0.25, 0.3) is 0 Å². The van der Waals surface area contributed by atoms with Gasteiger partial charge in [0.1, 0.15) is 0 Å². The summed E-state index contributed by atoms with van der Waals surface area (Å²) < 4.78 is 1.87. The maximum Gasteiger partial charge on any atom is 0.322 e. The molecule has 2 aliphatic rings. The summed E-state index contributed by atoms with van der Waals surface area (Å²) in [6.07, 6.45) is 4.77. The standard InChI is InChI=1S/C16H19N5O/c22-16(21-11-14-8-15(21)9-17-14)19-13-4-1-3-12(7-13)10-20-6-2-5-18-20/h1-7,14-15,17H,8-11H2,(H,19,22)/t14-,15-/m0/s1. The lowest BCUT2D eigenvalue weighted by Crippen LogP contribution is -2.48.